The van der Waals surface area contributed by atoms with Gasteiger partial charge in [0, 0.05) is 13.6 Å². The molecule has 4 heteroatoms. The van der Waals surface area contributed by atoms with Crippen molar-refractivity contribution < 1.29 is 0 Å². The predicted molar refractivity (Wildman–Crippen MR) is 80.4 cm³/mol. The Morgan fingerprint density at radius 1 is 1.16 bits per heavy atom. The van der Waals surface area contributed by atoms with E-state index < -0.39 is 0 Å². The lowest BCUT2D eigenvalue weighted by molar-refractivity contribution is 0.384. The summed E-state index contributed by atoms with van der Waals surface area (Å²) in [6, 6.07) is 7.95. The molecule has 0 saturated heterocycles. The van der Waals surface area contributed by atoms with E-state index in [0.717, 1.165) is 29.1 Å². The molecule has 0 radical (unpaired) electrons. The van der Waals surface area contributed by atoms with Gasteiger partial charge in [-0.05, 0) is 31.0 Å². The van der Waals surface area contributed by atoms with Crippen molar-refractivity contribution >= 4 is 16.9 Å². The number of aromatic nitrogens is 2. The summed E-state index contributed by atoms with van der Waals surface area (Å²) in [6.07, 6.45) is 0. The van der Waals surface area contributed by atoms with E-state index in [1.54, 1.807) is 0 Å². The number of hydrogen-bond acceptors (Lipinski definition) is 4. The molecule has 0 bridgehead atoms. The molecule has 2 N–H and O–H groups in total. The molecule has 0 saturated carbocycles. The smallest absolute Gasteiger partial charge is 0.150 e. The first-order valence-corrected chi connectivity index (χ1v) is 6.57. The first-order valence-electron chi connectivity index (χ1n) is 6.57. The van der Waals surface area contributed by atoms with E-state index in [0.29, 0.717) is 6.54 Å². The summed E-state index contributed by atoms with van der Waals surface area (Å²) in [5.41, 5.74) is 8.69. The quantitative estimate of drug-likeness (QED) is 0.914. The van der Waals surface area contributed by atoms with Crippen LogP contribution >= 0.6 is 0 Å². The number of anilines is 1. The van der Waals surface area contributed by atoms with E-state index in [1.807, 2.05) is 38.2 Å². The van der Waals surface area contributed by atoms with E-state index in [2.05, 4.69) is 23.7 Å². The summed E-state index contributed by atoms with van der Waals surface area (Å²) in [5.74, 6) is 0.931. The van der Waals surface area contributed by atoms with Gasteiger partial charge >= 0.3 is 0 Å². The molecule has 4 nitrogen and oxygen atoms in total. The standard InChI is InChI=1S/C15H22N4/c1-11-14(19(4)10-15(2,3)9-16)18-13-8-6-5-7-12(13)17-11/h5-8H,9-10,16H2,1-4H3. The maximum absolute atomic E-state index is 5.80. The van der Waals surface area contributed by atoms with E-state index in [1.165, 1.54) is 0 Å². The fourth-order valence-electron chi connectivity index (χ4n) is 2.22. The molecule has 102 valence electrons. The molecule has 0 aliphatic heterocycles. The molecule has 0 aliphatic rings. The van der Waals surface area contributed by atoms with Crippen LogP contribution in [0, 0.1) is 12.3 Å². The van der Waals surface area contributed by atoms with Crippen LogP contribution < -0.4 is 10.6 Å². The molecule has 2 aromatic rings. The van der Waals surface area contributed by atoms with Gasteiger partial charge in [0.05, 0.1) is 16.7 Å². The van der Waals surface area contributed by atoms with Crippen LogP contribution in [-0.2, 0) is 0 Å². The van der Waals surface area contributed by atoms with Crippen molar-refractivity contribution in [1.82, 2.24) is 9.97 Å². The van der Waals surface area contributed by atoms with Crippen molar-refractivity contribution in [3.8, 4) is 0 Å². The third-order valence-corrected chi connectivity index (χ3v) is 3.30. The van der Waals surface area contributed by atoms with Crippen LogP contribution in [0.2, 0.25) is 0 Å². The molecule has 0 amide bonds. The lowest BCUT2D eigenvalue weighted by atomic mass is 9.93. The molecule has 1 heterocycles. The lowest BCUT2D eigenvalue weighted by Gasteiger charge is -2.30. The zero-order chi connectivity index (χ0) is 14.0. The van der Waals surface area contributed by atoms with E-state index in [9.17, 15) is 0 Å². The van der Waals surface area contributed by atoms with Gasteiger partial charge in [-0.25, -0.2) is 9.97 Å². The van der Waals surface area contributed by atoms with Gasteiger partial charge in [0.2, 0.25) is 0 Å². The van der Waals surface area contributed by atoms with Crippen LogP contribution in [0.4, 0.5) is 5.82 Å². The van der Waals surface area contributed by atoms with Gasteiger partial charge in [-0.1, -0.05) is 26.0 Å². The predicted octanol–water partition coefficient (Wildman–Crippen LogP) is 2.36. The largest absolute Gasteiger partial charge is 0.358 e. The molecule has 19 heavy (non-hydrogen) atoms. The summed E-state index contributed by atoms with van der Waals surface area (Å²) in [5, 5.41) is 0. The van der Waals surface area contributed by atoms with Crippen molar-refractivity contribution in [3.05, 3.63) is 30.0 Å². The summed E-state index contributed by atoms with van der Waals surface area (Å²) in [6.45, 7) is 7.83. The molecule has 0 unspecified atom stereocenters. The molecular formula is C15H22N4. The molecule has 1 aromatic carbocycles. The highest BCUT2D eigenvalue weighted by molar-refractivity contribution is 5.76. The van der Waals surface area contributed by atoms with Crippen molar-refractivity contribution in [2.24, 2.45) is 11.1 Å². The van der Waals surface area contributed by atoms with Crippen LogP contribution in [0.5, 0.6) is 0 Å². The van der Waals surface area contributed by atoms with Gasteiger partial charge in [0.1, 0.15) is 0 Å². The fraction of sp³-hybridized carbons (Fsp3) is 0.467. The minimum Gasteiger partial charge on any atom is -0.358 e. The number of para-hydroxylation sites is 2. The Kier molecular flexibility index (Phi) is 3.71. The van der Waals surface area contributed by atoms with Crippen LogP contribution in [0.1, 0.15) is 19.5 Å². The molecule has 1 aromatic heterocycles. The average molecular weight is 258 g/mol. The molecule has 0 aliphatic carbocycles. The number of benzene rings is 1. The zero-order valence-corrected chi connectivity index (χ0v) is 12.1. The summed E-state index contributed by atoms with van der Waals surface area (Å²) < 4.78 is 0. The number of rotatable bonds is 4. The number of nitrogens with two attached hydrogens (primary N) is 1. The zero-order valence-electron chi connectivity index (χ0n) is 12.1. The van der Waals surface area contributed by atoms with Gasteiger partial charge in [0.25, 0.3) is 0 Å². The van der Waals surface area contributed by atoms with Crippen molar-refractivity contribution in [2.45, 2.75) is 20.8 Å². The Hall–Kier alpha value is -1.68. The van der Waals surface area contributed by atoms with E-state index in [-0.39, 0.29) is 5.41 Å². The average Bonchev–Trinajstić information content (AvgIpc) is 2.37. The minimum absolute atomic E-state index is 0.0640. The number of hydrogen-bond donors (Lipinski definition) is 1. The van der Waals surface area contributed by atoms with Crippen LogP contribution in [0.3, 0.4) is 0 Å². The van der Waals surface area contributed by atoms with E-state index in [4.69, 9.17) is 10.7 Å². The Balaban J connectivity index is 2.36. The Morgan fingerprint density at radius 3 is 2.32 bits per heavy atom. The highest BCUT2D eigenvalue weighted by Crippen LogP contribution is 2.22. The first kappa shape index (κ1) is 13.7. The number of aryl methyl sites for hydroxylation is 1. The third-order valence-electron chi connectivity index (χ3n) is 3.30. The van der Waals surface area contributed by atoms with Gasteiger partial charge < -0.3 is 10.6 Å². The SMILES string of the molecule is Cc1nc2ccccc2nc1N(C)CC(C)(C)CN. The third kappa shape index (κ3) is 3.01. The van der Waals surface area contributed by atoms with E-state index >= 15 is 0 Å². The van der Waals surface area contributed by atoms with Crippen molar-refractivity contribution in [2.75, 3.05) is 25.0 Å². The van der Waals surface area contributed by atoms with Crippen molar-refractivity contribution in [3.63, 3.8) is 0 Å². The molecule has 0 spiro atoms. The second kappa shape index (κ2) is 5.13. The number of nitrogens with zero attached hydrogens (tertiary/aromatic N) is 3. The van der Waals surface area contributed by atoms with Crippen LogP contribution in [-0.4, -0.2) is 30.1 Å². The molecular weight excluding hydrogens is 236 g/mol. The Labute approximate surface area is 114 Å². The van der Waals surface area contributed by atoms with Gasteiger partial charge in [-0.2, -0.15) is 0 Å². The van der Waals surface area contributed by atoms with Crippen LogP contribution in [0.25, 0.3) is 11.0 Å². The van der Waals surface area contributed by atoms with Crippen molar-refractivity contribution in [1.29, 1.82) is 0 Å². The van der Waals surface area contributed by atoms with Crippen LogP contribution in [0.15, 0.2) is 24.3 Å². The van der Waals surface area contributed by atoms with Gasteiger partial charge in [0.15, 0.2) is 5.82 Å². The first-order chi connectivity index (χ1) is 8.93. The fourth-order valence-corrected chi connectivity index (χ4v) is 2.22. The Bertz CT molecular complexity index is 577. The second-order valence-corrected chi connectivity index (χ2v) is 5.85. The van der Waals surface area contributed by atoms with Gasteiger partial charge in [-0.3, -0.25) is 0 Å². The Morgan fingerprint density at radius 2 is 1.74 bits per heavy atom. The maximum Gasteiger partial charge on any atom is 0.150 e. The summed E-state index contributed by atoms with van der Waals surface area (Å²) in [4.78, 5) is 11.5. The minimum atomic E-state index is 0.0640. The molecule has 2 rings (SSSR count). The maximum atomic E-state index is 5.80. The summed E-state index contributed by atoms with van der Waals surface area (Å²) in [7, 11) is 2.04. The second-order valence-electron chi connectivity index (χ2n) is 5.85. The highest BCUT2D eigenvalue weighted by atomic mass is 15.2. The molecule has 0 atom stereocenters. The van der Waals surface area contributed by atoms with Gasteiger partial charge in [-0.15, -0.1) is 0 Å². The molecule has 0 fully saturated rings. The summed E-state index contributed by atoms with van der Waals surface area (Å²) >= 11 is 0. The number of fused-ring (bicyclic) bond motifs is 1. The normalized spacial score (nSPS) is 11.8. The topological polar surface area (TPSA) is 55.0 Å². The lowest BCUT2D eigenvalue weighted by Crippen LogP contribution is -2.37. The monoisotopic (exact) mass is 258 g/mol. The highest BCUT2D eigenvalue weighted by Gasteiger charge is 2.20.